The SMILES string of the molecule is Nc1ccccc1C(O)CN(CC1CC1)CC1CC1. The number of para-hydroxylation sites is 1. The van der Waals surface area contributed by atoms with Crippen LogP contribution in [0.4, 0.5) is 5.69 Å². The standard InChI is InChI=1S/C16H24N2O/c17-15-4-2-1-3-14(15)16(19)11-18(9-12-5-6-12)10-13-7-8-13/h1-4,12-13,16,19H,5-11,17H2. The maximum absolute atomic E-state index is 10.4. The van der Waals surface area contributed by atoms with Gasteiger partial charge in [-0.15, -0.1) is 0 Å². The lowest BCUT2D eigenvalue weighted by Crippen LogP contribution is -2.32. The number of hydrogen-bond donors (Lipinski definition) is 2. The van der Waals surface area contributed by atoms with E-state index in [4.69, 9.17) is 5.73 Å². The monoisotopic (exact) mass is 260 g/mol. The first-order valence-corrected chi connectivity index (χ1v) is 7.47. The van der Waals surface area contributed by atoms with E-state index in [0.29, 0.717) is 5.69 Å². The Labute approximate surface area is 115 Å². The van der Waals surface area contributed by atoms with Gasteiger partial charge in [0.05, 0.1) is 6.10 Å². The Hall–Kier alpha value is -1.06. The third-order valence-electron chi connectivity index (χ3n) is 4.21. The minimum absolute atomic E-state index is 0.460. The van der Waals surface area contributed by atoms with Crippen LogP contribution in [0.3, 0.4) is 0 Å². The summed E-state index contributed by atoms with van der Waals surface area (Å²) >= 11 is 0. The highest BCUT2D eigenvalue weighted by atomic mass is 16.3. The summed E-state index contributed by atoms with van der Waals surface area (Å²) in [6.07, 6.45) is 5.00. The molecule has 0 amide bonds. The van der Waals surface area contributed by atoms with Crippen LogP contribution in [-0.4, -0.2) is 29.6 Å². The molecule has 0 saturated heterocycles. The molecular formula is C16H24N2O. The van der Waals surface area contributed by atoms with Crippen molar-refractivity contribution >= 4 is 5.69 Å². The van der Waals surface area contributed by atoms with E-state index < -0.39 is 6.10 Å². The van der Waals surface area contributed by atoms with Gasteiger partial charge in [-0.05, 0) is 43.6 Å². The molecule has 0 bridgehead atoms. The Bertz CT molecular complexity index is 413. The summed E-state index contributed by atoms with van der Waals surface area (Å²) in [7, 11) is 0. The Morgan fingerprint density at radius 1 is 1.11 bits per heavy atom. The molecule has 3 nitrogen and oxygen atoms in total. The zero-order valence-corrected chi connectivity index (χ0v) is 11.5. The number of benzene rings is 1. The highest BCUT2D eigenvalue weighted by Crippen LogP contribution is 2.34. The molecule has 3 heteroatoms. The van der Waals surface area contributed by atoms with Crippen molar-refractivity contribution in [1.82, 2.24) is 4.90 Å². The molecule has 19 heavy (non-hydrogen) atoms. The second-order valence-corrected chi connectivity index (χ2v) is 6.25. The number of hydrogen-bond acceptors (Lipinski definition) is 3. The third-order valence-corrected chi connectivity index (χ3v) is 4.21. The van der Waals surface area contributed by atoms with Crippen LogP contribution in [0.5, 0.6) is 0 Å². The molecule has 1 unspecified atom stereocenters. The second kappa shape index (κ2) is 5.51. The van der Waals surface area contributed by atoms with E-state index in [1.165, 1.54) is 25.7 Å². The van der Waals surface area contributed by atoms with Crippen LogP contribution in [0.1, 0.15) is 37.4 Å². The Kier molecular flexibility index (Phi) is 3.76. The van der Waals surface area contributed by atoms with Crippen LogP contribution in [0.2, 0.25) is 0 Å². The van der Waals surface area contributed by atoms with E-state index in [9.17, 15) is 5.11 Å². The number of aliphatic hydroxyl groups is 1. The summed E-state index contributed by atoms with van der Waals surface area (Å²) < 4.78 is 0. The molecule has 0 aromatic heterocycles. The van der Waals surface area contributed by atoms with Crippen LogP contribution in [0.25, 0.3) is 0 Å². The number of nitrogen functional groups attached to an aromatic ring is 1. The second-order valence-electron chi connectivity index (χ2n) is 6.25. The van der Waals surface area contributed by atoms with Crippen molar-refractivity contribution in [3.8, 4) is 0 Å². The fourth-order valence-electron chi connectivity index (χ4n) is 2.71. The number of aliphatic hydroxyl groups excluding tert-OH is 1. The van der Waals surface area contributed by atoms with Gasteiger partial charge in [0.15, 0.2) is 0 Å². The van der Waals surface area contributed by atoms with Crippen molar-refractivity contribution in [2.24, 2.45) is 11.8 Å². The minimum atomic E-state index is -0.460. The first kappa shape index (κ1) is 12.9. The van der Waals surface area contributed by atoms with Gasteiger partial charge in [0.2, 0.25) is 0 Å². The van der Waals surface area contributed by atoms with Crippen molar-refractivity contribution in [3.05, 3.63) is 29.8 Å². The molecule has 2 aliphatic carbocycles. The van der Waals surface area contributed by atoms with E-state index >= 15 is 0 Å². The molecule has 3 N–H and O–H groups in total. The largest absolute Gasteiger partial charge is 0.398 e. The molecule has 2 aliphatic rings. The lowest BCUT2D eigenvalue weighted by molar-refractivity contribution is 0.108. The molecule has 1 aromatic rings. The Morgan fingerprint density at radius 2 is 1.68 bits per heavy atom. The maximum Gasteiger partial charge on any atom is 0.0936 e. The third kappa shape index (κ3) is 3.71. The molecule has 1 atom stereocenters. The van der Waals surface area contributed by atoms with Crippen LogP contribution in [0, 0.1) is 11.8 Å². The van der Waals surface area contributed by atoms with Crippen molar-refractivity contribution in [2.75, 3.05) is 25.4 Å². The van der Waals surface area contributed by atoms with Gasteiger partial charge in [0.25, 0.3) is 0 Å². The normalized spacial score (nSPS) is 20.7. The average Bonchev–Trinajstić information content (AvgIpc) is 3.25. The van der Waals surface area contributed by atoms with Gasteiger partial charge in [-0.25, -0.2) is 0 Å². The first-order valence-electron chi connectivity index (χ1n) is 7.47. The minimum Gasteiger partial charge on any atom is -0.398 e. The summed E-state index contributed by atoms with van der Waals surface area (Å²) in [6.45, 7) is 3.03. The molecule has 2 saturated carbocycles. The van der Waals surface area contributed by atoms with Crippen molar-refractivity contribution in [1.29, 1.82) is 0 Å². The van der Waals surface area contributed by atoms with Crippen molar-refractivity contribution in [3.63, 3.8) is 0 Å². The van der Waals surface area contributed by atoms with Gasteiger partial charge in [0.1, 0.15) is 0 Å². The molecule has 0 spiro atoms. The van der Waals surface area contributed by atoms with Crippen molar-refractivity contribution < 1.29 is 5.11 Å². The maximum atomic E-state index is 10.4. The van der Waals surface area contributed by atoms with E-state index in [1.54, 1.807) is 0 Å². The van der Waals surface area contributed by atoms with Crippen molar-refractivity contribution in [2.45, 2.75) is 31.8 Å². The molecular weight excluding hydrogens is 236 g/mol. The van der Waals surface area contributed by atoms with Gasteiger partial charge in [-0.3, -0.25) is 4.90 Å². The lowest BCUT2D eigenvalue weighted by Gasteiger charge is -2.25. The van der Waals surface area contributed by atoms with E-state index in [2.05, 4.69) is 4.90 Å². The van der Waals surface area contributed by atoms with Gasteiger partial charge in [-0.2, -0.15) is 0 Å². The van der Waals surface area contributed by atoms with Gasteiger partial charge >= 0.3 is 0 Å². The molecule has 0 aliphatic heterocycles. The summed E-state index contributed by atoms with van der Waals surface area (Å²) in [6, 6.07) is 7.66. The predicted octanol–water partition coefficient (Wildman–Crippen LogP) is 2.42. The molecule has 2 fully saturated rings. The van der Waals surface area contributed by atoms with Gasteiger partial charge < -0.3 is 10.8 Å². The van der Waals surface area contributed by atoms with Crippen LogP contribution in [0.15, 0.2) is 24.3 Å². The highest BCUT2D eigenvalue weighted by molar-refractivity contribution is 5.47. The van der Waals surface area contributed by atoms with Crippen LogP contribution < -0.4 is 5.73 Å². The van der Waals surface area contributed by atoms with Gasteiger partial charge in [-0.1, -0.05) is 18.2 Å². The molecule has 0 heterocycles. The first-order chi connectivity index (χ1) is 9.22. The number of nitrogens with two attached hydrogens (primary N) is 1. The fraction of sp³-hybridized carbons (Fsp3) is 0.625. The van der Waals surface area contributed by atoms with Crippen LogP contribution in [-0.2, 0) is 0 Å². The quantitative estimate of drug-likeness (QED) is 0.740. The Balaban J connectivity index is 1.60. The summed E-state index contributed by atoms with van der Waals surface area (Å²) in [4.78, 5) is 2.45. The predicted molar refractivity (Wildman–Crippen MR) is 77.7 cm³/mol. The van der Waals surface area contributed by atoms with E-state index in [1.807, 2.05) is 24.3 Å². The van der Waals surface area contributed by atoms with Gasteiger partial charge in [0, 0.05) is 30.9 Å². The molecule has 3 rings (SSSR count). The number of nitrogens with zero attached hydrogens (tertiary/aromatic N) is 1. The summed E-state index contributed by atoms with van der Waals surface area (Å²) in [5.74, 6) is 1.75. The molecule has 0 radical (unpaired) electrons. The smallest absolute Gasteiger partial charge is 0.0936 e. The summed E-state index contributed by atoms with van der Waals surface area (Å²) in [5.41, 5.74) is 7.52. The topological polar surface area (TPSA) is 49.5 Å². The zero-order chi connectivity index (χ0) is 13.2. The Morgan fingerprint density at radius 3 is 2.21 bits per heavy atom. The fourth-order valence-corrected chi connectivity index (χ4v) is 2.71. The zero-order valence-electron chi connectivity index (χ0n) is 11.5. The summed E-state index contributed by atoms with van der Waals surface area (Å²) in [5, 5.41) is 10.4. The van der Waals surface area contributed by atoms with E-state index in [0.717, 1.165) is 37.0 Å². The van der Waals surface area contributed by atoms with E-state index in [-0.39, 0.29) is 0 Å². The lowest BCUT2D eigenvalue weighted by atomic mass is 10.1. The number of rotatable bonds is 7. The molecule has 104 valence electrons. The molecule has 1 aromatic carbocycles. The number of anilines is 1. The van der Waals surface area contributed by atoms with Crippen LogP contribution >= 0.6 is 0 Å². The average molecular weight is 260 g/mol. The highest BCUT2D eigenvalue weighted by Gasteiger charge is 2.30.